The molecule has 2 aliphatic rings. The molecule has 2 fully saturated rings. The third-order valence-corrected chi connectivity index (χ3v) is 4.38. The van der Waals surface area contributed by atoms with Crippen molar-refractivity contribution in [3.8, 4) is 11.5 Å². The van der Waals surface area contributed by atoms with E-state index < -0.39 is 0 Å². The van der Waals surface area contributed by atoms with Gasteiger partial charge in [0.15, 0.2) is 24.1 Å². The predicted octanol–water partition coefficient (Wildman–Crippen LogP) is 3.21. The Kier molecular flexibility index (Phi) is 6.53. The molecule has 0 unspecified atom stereocenters. The molecule has 6 nitrogen and oxygen atoms in total. The summed E-state index contributed by atoms with van der Waals surface area (Å²) >= 11 is 0. The number of rotatable bonds is 6. The highest BCUT2D eigenvalue weighted by Gasteiger charge is 2.21. The van der Waals surface area contributed by atoms with Crippen LogP contribution in [0.5, 0.6) is 11.5 Å². The minimum atomic E-state index is -0.288. The molecular weight excluding hydrogens is 324 g/mol. The molecule has 0 aromatic heterocycles. The Morgan fingerprint density at radius 1 is 1.00 bits per heavy atom. The number of benzene rings is 1. The van der Waals surface area contributed by atoms with E-state index in [9.17, 15) is 4.79 Å². The van der Waals surface area contributed by atoms with Crippen LogP contribution in [0.15, 0.2) is 18.2 Å². The van der Waals surface area contributed by atoms with Gasteiger partial charge in [-0.15, -0.1) is 0 Å². The van der Waals surface area contributed by atoms with Crippen molar-refractivity contribution in [2.75, 3.05) is 20.3 Å². The fourth-order valence-corrected chi connectivity index (χ4v) is 2.98. The Hall–Kier alpha value is -1.79. The van der Waals surface area contributed by atoms with Crippen LogP contribution in [0, 0.1) is 0 Å². The van der Waals surface area contributed by atoms with E-state index in [2.05, 4.69) is 0 Å². The van der Waals surface area contributed by atoms with Crippen LogP contribution in [0.1, 0.15) is 44.1 Å². The molecule has 138 valence electrons. The third-order valence-electron chi connectivity index (χ3n) is 4.38. The topological polar surface area (TPSA) is 63.2 Å². The lowest BCUT2D eigenvalue weighted by Crippen LogP contribution is -2.27. The first-order valence-corrected chi connectivity index (χ1v) is 9.01. The standard InChI is InChI=1S/C19H26O6/c1-21-17(20)13-14-8-9-15(24-18-6-2-4-10-22-18)16(12-14)25-19-7-3-5-11-23-19/h8-9,12,18-19H,2-7,10-11,13H2,1H3/t18-,19+/m0/s1. The Morgan fingerprint density at radius 2 is 1.64 bits per heavy atom. The van der Waals surface area contributed by atoms with Gasteiger partial charge in [0, 0.05) is 12.8 Å². The smallest absolute Gasteiger partial charge is 0.309 e. The Bertz CT molecular complexity index is 561. The molecule has 0 bridgehead atoms. The summed E-state index contributed by atoms with van der Waals surface area (Å²) in [6.45, 7) is 1.42. The van der Waals surface area contributed by atoms with Crippen LogP contribution in [0.25, 0.3) is 0 Å². The van der Waals surface area contributed by atoms with Gasteiger partial charge in [0.05, 0.1) is 26.7 Å². The molecule has 0 aliphatic carbocycles. The minimum Gasteiger partial charge on any atom is -0.469 e. The maximum atomic E-state index is 11.5. The van der Waals surface area contributed by atoms with Gasteiger partial charge < -0.3 is 23.7 Å². The SMILES string of the molecule is COC(=O)Cc1ccc(O[C@H]2CCCCO2)c(O[C@@H]2CCCCO2)c1. The molecule has 0 N–H and O–H groups in total. The van der Waals surface area contributed by atoms with E-state index in [1.165, 1.54) is 7.11 Å². The Balaban J connectivity index is 1.74. The van der Waals surface area contributed by atoms with Gasteiger partial charge >= 0.3 is 5.97 Å². The first-order valence-electron chi connectivity index (χ1n) is 9.01. The van der Waals surface area contributed by atoms with E-state index in [1.54, 1.807) is 0 Å². The van der Waals surface area contributed by atoms with Crippen LogP contribution in [-0.2, 0) is 25.4 Å². The second-order valence-electron chi connectivity index (χ2n) is 6.36. The molecule has 1 aromatic carbocycles. The van der Waals surface area contributed by atoms with Gasteiger partial charge in [-0.2, -0.15) is 0 Å². The van der Waals surface area contributed by atoms with Crippen molar-refractivity contribution in [3.05, 3.63) is 23.8 Å². The Labute approximate surface area is 148 Å². The van der Waals surface area contributed by atoms with E-state index in [1.807, 2.05) is 18.2 Å². The summed E-state index contributed by atoms with van der Waals surface area (Å²) in [6, 6.07) is 5.51. The third kappa shape index (κ3) is 5.34. The number of hydrogen-bond acceptors (Lipinski definition) is 6. The van der Waals surface area contributed by atoms with Crippen molar-refractivity contribution >= 4 is 5.97 Å². The quantitative estimate of drug-likeness (QED) is 0.734. The summed E-state index contributed by atoms with van der Waals surface area (Å²) < 4.78 is 28.1. The summed E-state index contributed by atoms with van der Waals surface area (Å²) in [5.74, 6) is 0.918. The molecule has 2 aliphatic heterocycles. The molecule has 0 spiro atoms. The molecule has 2 saturated heterocycles. The number of carbonyl (C=O) groups is 1. The lowest BCUT2D eigenvalue weighted by atomic mass is 10.1. The maximum Gasteiger partial charge on any atom is 0.309 e. The van der Waals surface area contributed by atoms with Crippen molar-refractivity contribution in [2.45, 2.75) is 57.5 Å². The summed E-state index contributed by atoms with van der Waals surface area (Å²) in [6.07, 6.45) is 5.66. The fraction of sp³-hybridized carbons (Fsp3) is 0.632. The van der Waals surface area contributed by atoms with Crippen molar-refractivity contribution < 1.29 is 28.5 Å². The normalized spacial score (nSPS) is 23.7. The average molecular weight is 350 g/mol. The van der Waals surface area contributed by atoms with Crippen molar-refractivity contribution in [1.82, 2.24) is 0 Å². The Morgan fingerprint density at radius 3 is 2.20 bits per heavy atom. The minimum absolute atomic E-state index is 0.193. The van der Waals surface area contributed by atoms with Gasteiger partial charge in [0.25, 0.3) is 0 Å². The average Bonchev–Trinajstić information content (AvgIpc) is 2.65. The molecule has 2 heterocycles. The highest BCUT2D eigenvalue weighted by atomic mass is 16.7. The molecule has 25 heavy (non-hydrogen) atoms. The number of methoxy groups -OCH3 is 1. The van der Waals surface area contributed by atoms with Crippen LogP contribution in [-0.4, -0.2) is 38.9 Å². The van der Waals surface area contributed by atoms with Crippen LogP contribution in [0.4, 0.5) is 0 Å². The number of ether oxygens (including phenoxy) is 5. The van der Waals surface area contributed by atoms with Crippen molar-refractivity contribution in [3.63, 3.8) is 0 Å². The van der Waals surface area contributed by atoms with Crippen LogP contribution in [0.2, 0.25) is 0 Å². The van der Waals surface area contributed by atoms with Gasteiger partial charge in [-0.05, 0) is 43.4 Å². The fourth-order valence-electron chi connectivity index (χ4n) is 2.98. The van der Waals surface area contributed by atoms with Gasteiger partial charge in [0.1, 0.15) is 0 Å². The highest BCUT2D eigenvalue weighted by molar-refractivity contribution is 5.72. The van der Waals surface area contributed by atoms with Gasteiger partial charge in [-0.3, -0.25) is 4.79 Å². The molecule has 3 rings (SSSR count). The van der Waals surface area contributed by atoms with Crippen molar-refractivity contribution in [1.29, 1.82) is 0 Å². The van der Waals surface area contributed by atoms with Gasteiger partial charge in [0.2, 0.25) is 0 Å². The molecule has 6 heteroatoms. The number of hydrogen-bond donors (Lipinski definition) is 0. The molecule has 0 amide bonds. The first kappa shape index (κ1) is 18.0. The van der Waals surface area contributed by atoms with Gasteiger partial charge in [-0.1, -0.05) is 6.07 Å². The molecule has 0 saturated carbocycles. The lowest BCUT2D eigenvalue weighted by Gasteiger charge is -2.27. The monoisotopic (exact) mass is 350 g/mol. The molecular formula is C19H26O6. The zero-order chi connectivity index (χ0) is 17.5. The summed E-state index contributed by atoms with van der Waals surface area (Å²) in [5.41, 5.74) is 0.814. The van der Waals surface area contributed by atoms with Crippen LogP contribution < -0.4 is 9.47 Å². The van der Waals surface area contributed by atoms with Crippen LogP contribution >= 0.6 is 0 Å². The summed E-state index contributed by atoms with van der Waals surface area (Å²) in [5, 5.41) is 0. The van der Waals surface area contributed by atoms with Crippen LogP contribution in [0.3, 0.4) is 0 Å². The lowest BCUT2D eigenvalue weighted by molar-refractivity contribution is -0.139. The van der Waals surface area contributed by atoms with E-state index in [0.29, 0.717) is 24.7 Å². The first-order chi connectivity index (χ1) is 12.2. The molecule has 0 radical (unpaired) electrons. The summed E-state index contributed by atoms with van der Waals surface area (Å²) in [4.78, 5) is 11.5. The second-order valence-corrected chi connectivity index (χ2v) is 6.36. The number of carbonyl (C=O) groups excluding carboxylic acids is 1. The predicted molar refractivity (Wildman–Crippen MR) is 90.6 cm³/mol. The van der Waals surface area contributed by atoms with Crippen molar-refractivity contribution in [2.24, 2.45) is 0 Å². The van der Waals surface area contributed by atoms with Gasteiger partial charge in [-0.25, -0.2) is 0 Å². The number of esters is 1. The highest BCUT2D eigenvalue weighted by Crippen LogP contribution is 2.33. The second kappa shape index (κ2) is 9.06. The van der Waals surface area contributed by atoms with E-state index in [-0.39, 0.29) is 25.0 Å². The maximum absolute atomic E-state index is 11.5. The molecule has 2 atom stereocenters. The zero-order valence-corrected chi connectivity index (χ0v) is 14.7. The largest absolute Gasteiger partial charge is 0.469 e. The van der Waals surface area contributed by atoms with E-state index in [4.69, 9.17) is 23.7 Å². The summed E-state index contributed by atoms with van der Waals surface area (Å²) in [7, 11) is 1.38. The zero-order valence-electron chi connectivity index (χ0n) is 14.7. The van der Waals surface area contributed by atoms with E-state index in [0.717, 1.165) is 44.1 Å². The van der Waals surface area contributed by atoms with E-state index >= 15 is 0 Å². The molecule has 1 aromatic rings.